The lowest BCUT2D eigenvalue weighted by atomic mass is 10.2. The van der Waals surface area contributed by atoms with Gasteiger partial charge in [-0.05, 0) is 25.8 Å². The number of hydrogen-bond acceptors (Lipinski definition) is 3. The first-order valence-corrected chi connectivity index (χ1v) is 6.87. The van der Waals surface area contributed by atoms with Crippen LogP contribution in [0.4, 0.5) is 0 Å². The minimum atomic E-state index is 0.0389. The number of carbonyl (C=O) groups is 1. The van der Waals surface area contributed by atoms with Crippen LogP contribution in [0.15, 0.2) is 12.3 Å². The topological polar surface area (TPSA) is 61.9 Å². The Labute approximate surface area is 112 Å². The van der Waals surface area contributed by atoms with Crippen LogP contribution in [0.1, 0.15) is 42.0 Å². The van der Waals surface area contributed by atoms with E-state index in [1.54, 1.807) is 6.20 Å². The lowest BCUT2D eigenvalue weighted by Gasteiger charge is -2.20. The molecule has 1 amide bonds. The fourth-order valence-electron chi connectivity index (χ4n) is 2.64. The second kappa shape index (κ2) is 4.99. The summed E-state index contributed by atoms with van der Waals surface area (Å²) in [4.78, 5) is 26.3. The van der Waals surface area contributed by atoms with Gasteiger partial charge in [0.15, 0.2) is 0 Å². The third kappa shape index (κ3) is 2.32. The van der Waals surface area contributed by atoms with Crippen molar-refractivity contribution in [2.45, 2.75) is 32.6 Å². The quantitative estimate of drug-likeness (QED) is 0.853. The summed E-state index contributed by atoms with van der Waals surface area (Å²) in [5.41, 5.74) is 1.27. The number of fused-ring (bicyclic) bond motifs is 1. The van der Waals surface area contributed by atoms with Gasteiger partial charge in [-0.15, -0.1) is 0 Å². The van der Waals surface area contributed by atoms with E-state index in [0.717, 1.165) is 37.0 Å². The van der Waals surface area contributed by atoms with Gasteiger partial charge in [-0.25, -0.2) is 9.97 Å². The highest BCUT2D eigenvalue weighted by Crippen LogP contribution is 2.18. The molecular formula is C14H18N4O. The lowest BCUT2D eigenvalue weighted by Crippen LogP contribution is -2.32. The van der Waals surface area contributed by atoms with Crippen LogP contribution >= 0.6 is 0 Å². The van der Waals surface area contributed by atoms with E-state index in [9.17, 15) is 4.79 Å². The van der Waals surface area contributed by atoms with Crippen LogP contribution in [0, 0.1) is 6.92 Å². The number of amides is 1. The highest BCUT2D eigenvalue weighted by Gasteiger charge is 2.21. The molecule has 100 valence electrons. The van der Waals surface area contributed by atoms with Crippen LogP contribution < -0.4 is 0 Å². The van der Waals surface area contributed by atoms with Gasteiger partial charge in [0.1, 0.15) is 17.2 Å². The van der Waals surface area contributed by atoms with E-state index in [2.05, 4.69) is 15.0 Å². The van der Waals surface area contributed by atoms with Gasteiger partial charge in [0, 0.05) is 19.3 Å². The number of rotatable bonds is 1. The molecule has 0 spiro atoms. The molecule has 5 nitrogen and oxygen atoms in total. The lowest BCUT2D eigenvalue weighted by molar-refractivity contribution is 0.0757. The van der Waals surface area contributed by atoms with Crippen molar-refractivity contribution in [3.8, 4) is 0 Å². The Balaban J connectivity index is 1.98. The van der Waals surface area contributed by atoms with Crippen molar-refractivity contribution >= 4 is 16.9 Å². The van der Waals surface area contributed by atoms with Gasteiger partial charge >= 0.3 is 0 Å². The molecule has 1 fully saturated rings. The molecule has 0 aromatic carbocycles. The molecule has 1 N–H and O–H groups in total. The van der Waals surface area contributed by atoms with Gasteiger partial charge in [0.25, 0.3) is 5.91 Å². The third-order valence-corrected chi connectivity index (χ3v) is 3.62. The second-order valence-corrected chi connectivity index (χ2v) is 5.07. The first kappa shape index (κ1) is 12.1. The predicted octanol–water partition coefficient (Wildman–Crippen LogP) is 2.28. The number of aryl methyl sites for hydroxylation is 1. The van der Waals surface area contributed by atoms with Crippen molar-refractivity contribution < 1.29 is 4.79 Å². The third-order valence-electron chi connectivity index (χ3n) is 3.62. The Morgan fingerprint density at radius 2 is 1.95 bits per heavy atom. The summed E-state index contributed by atoms with van der Waals surface area (Å²) in [6, 6.07) is 1.87. The van der Waals surface area contributed by atoms with Crippen molar-refractivity contribution in [2.24, 2.45) is 0 Å². The van der Waals surface area contributed by atoms with Gasteiger partial charge in [0.2, 0.25) is 0 Å². The van der Waals surface area contributed by atoms with Crippen LogP contribution in [-0.4, -0.2) is 38.8 Å². The monoisotopic (exact) mass is 258 g/mol. The fraction of sp³-hybridized carbons (Fsp3) is 0.500. The number of likely N-dealkylation sites (tertiary alicyclic amines) is 1. The first-order chi connectivity index (χ1) is 9.25. The standard InChI is InChI=1S/C14H18N4O/c1-10-16-12(11-6-7-15-13(11)17-10)14(19)18-8-4-2-3-5-9-18/h6-7H,2-5,8-9H2,1H3,(H,15,16,17). The maximum absolute atomic E-state index is 12.6. The summed E-state index contributed by atoms with van der Waals surface area (Å²) in [5.74, 6) is 0.671. The zero-order valence-electron chi connectivity index (χ0n) is 11.1. The zero-order chi connectivity index (χ0) is 13.2. The molecule has 0 saturated carbocycles. The van der Waals surface area contributed by atoms with Gasteiger partial charge in [-0.3, -0.25) is 4.79 Å². The van der Waals surface area contributed by atoms with E-state index >= 15 is 0 Å². The Bertz CT molecular complexity index is 597. The summed E-state index contributed by atoms with van der Waals surface area (Å²) in [5, 5.41) is 0.819. The highest BCUT2D eigenvalue weighted by atomic mass is 16.2. The fourth-order valence-corrected chi connectivity index (χ4v) is 2.64. The molecule has 5 heteroatoms. The first-order valence-electron chi connectivity index (χ1n) is 6.87. The van der Waals surface area contributed by atoms with Gasteiger partial charge in [-0.1, -0.05) is 12.8 Å². The molecule has 0 aliphatic carbocycles. The molecule has 3 heterocycles. The number of hydrogen-bond donors (Lipinski definition) is 1. The summed E-state index contributed by atoms with van der Waals surface area (Å²) in [7, 11) is 0. The average Bonchev–Trinajstić information content (AvgIpc) is 2.70. The molecule has 19 heavy (non-hydrogen) atoms. The van der Waals surface area contributed by atoms with E-state index in [1.807, 2.05) is 17.9 Å². The Hall–Kier alpha value is -1.91. The van der Waals surface area contributed by atoms with Crippen LogP contribution in [-0.2, 0) is 0 Å². The summed E-state index contributed by atoms with van der Waals surface area (Å²) < 4.78 is 0. The number of carbonyl (C=O) groups excluding carboxylic acids is 1. The molecule has 3 rings (SSSR count). The minimum Gasteiger partial charge on any atom is -0.346 e. The predicted molar refractivity (Wildman–Crippen MR) is 73.0 cm³/mol. The van der Waals surface area contributed by atoms with Crippen LogP contribution in [0.3, 0.4) is 0 Å². The van der Waals surface area contributed by atoms with Crippen molar-refractivity contribution in [1.82, 2.24) is 19.9 Å². The molecule has 2 aromatic rings. The van der Waals surface area contributed by atoms with E-state index in [-0.39, 0.29) is 5.91 Å². The van der Waals surface area contributed by atoms with Crippen molar-refractivity contribution in [2.75, 3.05) is 13.1 Å². The van der Waals surface area contributed by atoms with Crippen molar-refractivity contribution in [3.05, 3.63) is 23.8 Å². The molecule has 1 aliphatic heterocycles. The zero-order valence-corrected chi connectivity index (χ0v) is 11.1. The number of H-pyrrole nitrogens is 1. The Morgan fingerprint density at radius 1 is 1.21 bits per heavy atom. The van der Waals surface area contributed by atoms with Gasteiger partial charge < -0.3 is 9.88 Å². The van der Waals surface area contributed by atoms with Crippen LogP contribution in [0.5, 0.6) is 0 Å². The SMILES string of the molecule is Cc1nc(C(=O)N2CCCCCC2)c2cc[nH]c2n1. The molecular weight excluding hydrogens is 240 g/mol. The summed E-state index contributed by atoms with van der Waals surface area (Å²) >= 11 is 0. The van der Waals surface area contributed by atoms with E-state index in [4.69, 9.17) is 0 Å². The molecule has 0 radical (unpaired) electrons. The van der Waals surface area contributed by atoms with E-state index in [0.29, 0.717) is 11.5 Å². The largest absolute Gasteiger partial charge is 0.346 e. The van der Waals surface area contributed by atoms with Crippen LogP contribution in [0.25, 0.3) is 11.0 Å². The highest BCUT2D eigenvalue weighted by molar-refractivity contribution is 6.03. The molecule has 0 bridgehead atoms. The van der Waals surface area contributed by atoms with Crippen LogP contribution in [0.2, 0.25) is 0 Å². The molecule has 1 aliphatic rings. The summed E-state index contributed by atoms with van der Waals surface area (Å²) in [6.07, 6.45) is 6.41. The molecule has 1 saturated heterocycles. The Morgan fingerprint density at radius 3 is 2.68 bits per heavy atom. The maximum Gasteiger partial charge on any atom is 0.273 e. The minimum absolute atomic E-state index is 0.0389. The molecule has 0 unspecified atom stereocenters. The van der Waals surface area contributed by atoms with E-state index in [1.165, 1.54) is 12.8 Å². The van der Waals surface area contributed by atoms with Gasteiger partial charge in [0.05, 0.1) is 5.39 Å². The number of aromatic nitrogens is 3. The summed E-state index contributed by atoms with van der Waals surface area (Å²) in [6.45, 7) is 3.50. The number of nitrogens with one attached hydrogen (secondary N) is 1. The number of aromatic amines is 1. The van der Waals surface area contributed by atoms with Crippen molar-refractivity contribution in [1.29, 1.82) is 0 Å². The van der Waals surface area contributed by atoms with E-state index < -0.39 is 0 Å². The maximum atomic E-state index is 12.6. The second-order valence-electron chi connectivity index (χ2n) is 5.07. The Kier molecular flexibility index (Phi) is 3.19. The normalized spacial score (nSPS) is 16.6. The average molecular weight is 258 g/mol. The molecule has 2 aromatic heterocycles. The smallest absolute Gasteiger partial charge is 0.273 e. The molecule has 0 atom stereocenters. The van der Waals surface area contributed by atoms with Gasteiger partial charge in [-0.2, -0.15) is 0 Å². The van der Waals surface area contributed by atoms with Crippen molar-refractivity contribution in [3.63, 3.8) is 0 Å². The number of nitrogens with zero attached hydrogens (tertiary/aromatic N) is 3.